The number of carbonyl (C=O) groups excluding carboxylic acids is 1. The van der Waals surface area contributed by atoms with Crippen LogP contribution in [0.3, 0.4) is 0 Å². The van der Waals surface area contributed by atoms with E-state index in [0.29, 0.717) is 16.8 Å². The highest BCUT2D eigenvalue weighted by Gasteiger charge is 2.20. The average molecular weight is 434 g/mol. The zero-order valence-corrected chi connectivity index (χ0v) is 18.1. The molecule has 0 aliphatic carbocycles. The first-order chi connectivity index (χ1) is 13.8. The van der Waals surface area contributed by atoms with Gasteiger partial charge in [-0.1, -0.05) is 30.4 Å². The third kappa shape index (κ3) is 4.35. The molecule has 1 aromatic heterocycles. The molecular formula is C20H23N3O4S2. The fourth-order valence-corrected chi connectivity index (χ4v) is 5.07. The summed E-state index contributed by atoms with van der Waals surface area (Å²) in [5.74, 6) is -0.341. The standard InChI is InChI=1S/C20H23N3O4S2/c1-4-13(3)21-19(24)15-8-6-7-9-16(15)22-29(26,27)14-10-11-17-18(12-14)28-20(25)23(17)5-2/h6-13,22H,4-5H2,1-3H3,(H,21,24)/t13-/m0/s1. The van der Waals surface area contributed by atoms with Gasteiger partial charge in [-0.05, 0) is 50.6 Å². The number of thiazole rings is 1. The molecule has 3 rings (SSSR count). The molecule has 0 aliphatic rings. The molecule has 0 radical (unpaired) electrons. The molecule has 0 saturated carbocycles. The summed E-state index contributed by atoms with van der Waals surface area (Å²) in [5.41, 5.74) is 1.15. The topological polar surface area (TPSA) is 97.3 Å². The molecule has 0 saturated heterocycles. The fourth-order valence-electron chi connectivity index (χ4n) is 2.89. The highest BCUT2D eigenvalue weighted by molar-refractivity contribution is 7.92. The Bertz CT molecular complexity index is 1210. The molecular weight excluding hydrogens is 410 g/mol. The molecule has 3 aromatic rings. The third-order valence-electron chi connectivity index (χ3n) is 4.67. The van der Waals surface area contributed by atoms with E-state index in [1.807, 2.05) is 20.8 Å². The van der Waals surface area contributed by atoms with Crippen molar-refractivity contribution in [3.05, 3.63) is 57.7 Å². The Hall–Kier alpha value is -2.65. The van der Waals surface area contributed by atoms with E-state index in [2.05, 4.69) is 10.0 Å². The highest BCUT2D eigenvalue weighted by atomic mass is 32.2. The quantitative estimate of drug-likeness (QED) is 0.597. The smallest absolute Gasteiger partial charge is 0.308 e. The highest BCUT2D eigenvalue weighted by Crippen LogP contribution is 2.25. The Morgan fingerprint density at radius 3 is 2.59 bits per heavy atom. The minimum atomic E-state index is -3.94. The first kappa shape index (κ1) is 21.1. The van der Waals surface area contributed by atoms with Crippen LogP contribution in [0.4, 0.5) is 5.69 Å². The summed E-state index contributed by atoms with van der Waals surface area (Å²) >= 11 is 1.01. The summed E-state index contributed by atoms with van der Waals surface area (Å²) in [6.07, 6.45) is 0.764. The maximum Gasteiger partial charge on any atom is 0.308 e. The minimum Gasteiger partial charge on any atom is -0.350 e. The molecule has 29 heavy (non-hydrogen) atoms. The summed E-state index contributed by atoms with van der Waals surface area (Å²) in [4.78, 5) is 24.5. The van der Waals surface area contributed by atoms with Crippen molar-refractivity contribution in [1.82, 2.24) is 9.88 Å². The van der Waals surface area contributed by atoms with Crippen LogP contribution in [0, 0.1) is 0 Å². The van der Waals surface area contributed by atoms with Gasteiger partial charge in [0.15, 0.2) is 0 Å². The number of nitrogens with one attached hydrogen (secondary N) is 2. The number of para-hydroxylation sites is 1. The number of hydrogen-bond donors (Lipinski definition) is 2. The Morgan fingerprint density at radius 2 is 1.90 bits per heavy atom. The zero-order valence-electron chi connectivity index (χ0n) is 16.4. The Morgan fingerprint density at radius 1 is 1.17 bits per heavy atom. The van der Waals surface area contributed by atoms with Crippen LogP contribution in [-0.4, -0.2) is 24.9 Å². The van der Waals surface area contributed by atoms with E-state index in [1.165, 1.54) is 12.1 Å². The van der Waals surface area contributed by atoms with Gasteiger partial charge in [-0.2, -0.15) is 0 Å². The largest absolute Gasteiger partial charge is 0.350 e. The third-order valence-corrected chi connectivity index (χ3v) is 6.98. The summed E-state index contributed by atoms with van der Waals surface area (Å²) in [6, 6.07) is 11.0. The summed E-state index contributed by atoms with van der Waals surface area (Å²) in [7, 11) is -3.94. The van der Waals surface area contributed by atoms with Gasteiger partial charge < -0.3 is 5.32 Å². The second-order valence-electron chi connectivity index (χ2n) is 6.68. The number of aromatic nitrogens is 1. The molecule has 1 atom stereocenters. The van der Waals surface area contributed by atoms with E-state index >= 15 is 0 Å². The molecule has 2 N–H and O–H groups in total. The molecule has 0 bridgehead atoms. The molecule has 9 heteroatoms. The van der Waals surface area contributed by atoms with Crippen molar-refractivity contribution in [2.24, 2.45) is 0 Å². The Balaban J connectivity index is 1.95. The van der Waals surface area contributed by atoms with E-state index in [9.17, 15) is 18.0 Å². The number of sulfonamides is 1. The van der Waals surface area contributed by atoms with Gasteiger partial charge in [-0.3, -0.25) is 18.9 Å². The van der Waals surface area contributed by atoms with E-state index < -0.39 is 10.0 Å². The first-order valence-electron chi connectivity index (χ1n) is 9.33. The number of carbonyl (C=O) groups is 1. The summed E-state index contributed by atoms with van der Waals surface area (Å²) in [5, 5.41) is 2.84. The van der Waals surface area contributed by atoms with Crippen molar-refractivity contribution >= 4 is 43.2 Å². The van der Waals surface area contributed by atoms with Crippen LogP contribution in [0.5, 0.6) is 0 Å². The van der Waals surface area contributed by atoms with Crippen molar-refractivity contribution in [3.8, 4) is 0 Å². The van der Waals surface area contributed by atoms with E-state index in [1.54, 1.807) is 34.9 Å². The van der Waals surface area contributed by atoms with Crippen molar-refractivity contribution in [3.63, 3.8) is 0 Å². The van der Waals surface area contributed by atoms with Crippen molar-refractivity contribution in [1.29, 1.82) is 0 Å². The van der Waals surface area contributed by atoms with Gasteiger partial charge in [-0.15, -0.1) is 0 Å². The maximum atomic E-state index is 12.9. The van der Waals surface area contributed by atoms with Gasteiger partial charge in [0.05, 0.1) is 26.4 Å². The van der Waals surface area contributed by atoms with E-state index in [4.69, 9.17) is 0 Å². The summed E-state index contributed by atoms with van der Waals surface area (Å²) in [6.45, 7) is 6.21. The second kappa shape index (κ2) is 8.38. The number of amides is 1. The number of nitrogens with zero attached hydrogens (tertiary/aromatic N) is 1. The molecule has 0 fully saturated rings. The number of aryl methyl sites for hydroxylation is 1. The number of hydrogen-bond acceptors (Lipinski definition) is 5. The van der Waals surface area contributed by atoms with Crippen LogP contribution >= 0.6 is 11.3 Å². The lowest BCUT2D eigenvalue weighted by atomic mass is 10.1. The molecule has 0 unspecified atom stereocenters. The SMILES string of the molecule is CC[C@H](C)NC(=O)c1ccccc1NS(=O)(=O)c1ccc2c(c1)sc(=O)n2CC. The maximum absolute atomic E-state index is 12.9. The molecule has 0 aliphatic heterocycles. The van der Waals surface area contributed by atoms with Crippen LogP contribution < -0.4 is 14.9 Å². The predicted octanol–water partition coefficient (Wildman–Crippen LogP) is 3.41. The lowest BCUT2D eigenvalue weighted by molar-refractivity contribution is 0.0940. The van der Waals surface area contributed by atoms with Gasteiger partial charge in [0, 0.05) is 12.6 Å². The van der Waals surface area contributed by atoms with Gasteiger partial charge >= 0.3 is 4.87 Å². The van der Waals surface area contributed by atoms with Crippen LogP contribution in [0.1, 0.15) is 37.6 Å². The molecule has 1 heterocycles. The van der Waals surface area contributed by atoms with Gasteiger partial charge in [0.1, 0.15) is 0 Å². The Kier molecular flexibility index (Phi) is 6.09. The molecule has 154 valence electrons. The predicted molar refractivity (Wildman–Crippen MR) is 116 cm³/mol. The molecule has 2 aromatic carbocycles. The van der Waals surface area contributed by atoms with Crippen molar-refractivity contribution in [2.45, 2.75) is 44.7 Å². The number of rotatable bonds is 7. The normalized spacial score (nSPS) is 12.7. The van der Waals surface area contributed by atoms with Crippen molar-refractivity contribution in [2.75, 3.05) is 4.72 Å². The van der Waals surface area contributed by atoms with Crippen molar-refractivity contribution < 1.29 is 13.2 Å². The van der Waals surface area contributed by atoms with Gasteiger partial charge in [0.25, 0.3) is 15.9 Å². The monoisotopic (exact) mass is 433 g/mol. The zero-order chi connectivity index (χ0) is 21.2. The van der Waals surface area contributed by atoms with Crippen LogP contribution in [0.25, 0.3) is 10.2 Å². The fraction of sp³-hybridized carbons (Fsp3) is 0.300. The number of benzene rings is 2. The lowest BCUT2D eigenvalue weighted by Crippen LogP contribution is -2.32. The van der Waals surface area contributed by atoms with Gasteiger partial charge in [-0.25, -0.2) is 8.42 Å². The number of fused-ring (bicyclic) bond motifs is 1. The second-order valence-corrected chi connectivity index (χ2v) is 9.35. The first-order valence-corrected chi connectivity index (χ1v) is 11.6. The minimum absolute atomic E-state index is 0.0278. The van der Waals surface area contributed by atoms with Crippen LogP contribution in [-0.2, 0) is 16.6 Å². The Labute approximate surface area is 173 Å². The molecule has 7 nitrogen and oxygen atoms in total. The average Bonchev–Trinajstić information content (AvgIpc) is 3.01. The van der Waals surface area contributed by atoms with Crippen LogP contribution in [0.15, 0.2) is 52.2 Å². The van der Waals surface area contributed by atoms with Crippen LogP contribution in [0.2, 0.25) is 0 Å². The lowest BCUT2D eigenvalue weighted by Gasteiger charge is -2.15. The van der Waals surface area contributed by atoms with E-state index in [-0.39, 0.29) is 33.0 Å². The van der Waals surface area contributed by atoms with Gasteiger partial charge in [0.2, 0.25) is 0 Å². The summed E-state index contributed by atoms with van der Waals surface area (Å²) < 4.78 is 30.6. The molecule has 1 amide bonds. The number of anilines is 1. The molecule has 0 spiro atoms. The van der Waals surface area contributed by atoms with E-state index in [0.717, 1.165) is 17.8 Å².